The van der Waals surface area contributed by atoms with Crippen LogP contribution in [0.4, 0.5) is 0 Å². The number of phenols is 1. The SMILES string of the molecule is C=C/C=C\C1=Cc2cc(OC)cc(O)c2C2N(Cc3ccc(Cl)cc3)C(=O)CCC12CON1CCN(CC)CC1. The number of rotatable bonds is 9. The molecule has 2 aromatic rings. The van der Waals surface area contributed by atoms with Gasteiger partial charge < -0.3 is 19.6 Å². The van der Waals surface area contributed by atoms with Gasteiger partial charge in [0.05, 0.1) is 19.8 Å². The Labute approximate surface area is 241 Å². The van der Waals surface area contributed by atoms with E-state index in [0.29, 0.717) is 36.8 Å². The van der Waals surface area contributed by atoms with Gasteiger partial charge in [0, 0.05) is 61.2 Å². The first kappa shape index (κ1) is 28.4. The first-order chi connectivity index (χ1) is 19.4. The Bertz CT molecular complexity index is 1300. The van der Waals surface area contributed by atoms with Crippen LogP contribution < -0.4 is 4.74 Å². The van der Waals surface area contributed by atoms with Gasteiger partial charge in [0.25, 0.3) is 0 Å². The minimum atomic E-state index is -0.583. The van der Waals surface area contributed by atoms with Crippen molar-refractivity contribution in [2.24, 2.45) is 5.41 Å². The predicted molar refractivity (Wildman–Crippen MR) is 158 cm³/mol. The van der Waals surface area contributed by atoms with E-state index in [1.54, 1.807) is 19.3 Å². The van der Waals surface area contributed by atoms with Crippen LogP contribution in [0.2, 0.25) is 5.02 Å². The fraction of sp³-hybridized carbons (Fsp3) is 0.406. The maximum Gasteiger partial charge on any atom is 0.223 e. The average Bonchev–Trinajstić information content (AvgIpc) is 2.97. The average molecular weight is 564 g/mol. The van der Waals surface area contributed by atoms with Crippen molar-refractivity contribution in [3.63, 3.8) is 0 Å². The molecule has 40 heavy (non-hydrogen) atoms. The molecule has 0 saturated carbocycles. The number of ether oxygens (including phenoxy) is 1. The molecule has 8 heteroatoms. The van der Waals surface area contributed by atoms with Crippen molar-refractivity contribution in [2.45, 2.75) is 32.4 Å². The Morgan fingerprint density at radius 2 is 1.93 bits per heavy atom. The summed E-state index contributed by atoms with van der Waals surface area (Å²) in [5.41, 5.74) is 2.98. The summed E-state index contributed by atoms with van der Waals surface area (Å²) < 4.78 is 5.49. The number of amides is 1. The van der Waals surface area contributed by atoms with Crippen LogP contribution in [0.25, 0.3) is 6.08 Å². The number of aromatic hydroxyl groups is 1. The molecule has 0 spiro atoms. The van der Waals surface area contributed by atoms with Crippen molar-refractivity contribution in [1.82, 2.24) is 14.9 Å². The van der Waals surface area contributed by atoms with Crippen LogP contribution >= 0.6 is 11.6 Å². The number of carbonyl (C=O) groups excluding carboxylic acids is 1. The number of carbonyl (C=O) groups is 1. The number of allylic oxidation sites excluding steroid dienone is 3. The summed E-state index contributed by atoms with van der Waals surface area (Å²) in [6.45, 7) is 11.4. The number of methoxy groups -OCH3 is 1. The summed E-state index contributed by atoms with van der Waals surface area (Å²) in [5.74, 6) is 0.713. The van der Waals surface area contributed by atoms with E-state index in [0.717, 1.165) is 55.0 Å². The Kier molecular flexibility index (Phi) is 8.66. The molecule has 0 aromatic heterocycles. The zero-order valence-electron chi connectivity index (χ0n) is 23.3. The van der Waals surface area contributed by atoms with E-state index in [9.17, 15) is 9.90 Å². The van der Waals surface area contributed by atoms with Gasteiger partial charge in [0.2, 0.25) is 5.91 Å². The van der Waals surface area contributed by atoms with Gasteiger partial charge in [-0.2, -0.15) is 5.06 Å². The number of nitrogens with zero attached hydrogens (tertiary/aromatic N) is 3. The van der Waals surface area contributed by atoms with E-state index in [-0.39, 0.29) is 11.7 Å². The number of hydroxylamine groups is 2. The number of halogens is 1. The number of likely N-dealkylation sites (N-methyl/N-ethyl adjacent to an activating group) is 1. The Morgan fingerprint density at radius 3 is 2.60 bits per heavy atom. The molecule has 2 saturated heterocycles. The lowest BCUT2D eigenvalue weighted by molar-refractivity contribution is -0.207. The summed E-state index contributed by atoms with van der Waals surface area (Å²) in [6.07, 6.45) is 8.82. The number of piperazine rings is 1. The molecule has 2 unspecified atom stereocenters. The zero-order valence-corrected chi connectivity index (χ0v) is 24.1. The molecule has 2 fully saturated rings. The standard InChI is InChI=1S/C32H38ClN3O4/c1-4-6-7-25-18-24-19-27(39-3)20-28(37)30(24)31-32(25,22-40-35-16-14-34(5-2)15-17-35)13-12-29(38)36(31)21-23-8-10-26(33)11-9-23/h4,6-11,18-20,31,37H,1,5,12-17,21-22H2,2-3H3/b7-6-. The molecule has 1 N–H and O–H groups in total. The Morgan fingerprint density at radius 1 is 1.18 bits per heavy atom. The topological polar surface area (TPSA) is 65.5 Å². The highest BCUT2D eigenvalue weighted by atomic mass is 35.5. The van der Waals surface area contributed by atoms with Gasteiger partial charge in [-0.3, -0.25) is 9.63 Å². The molecule has 2 aliphatic heterocycles. The minimum absolute atomic E-state index is 0.0438. The molecular formula is C32H38ClN3O4. The largest absolute Gasteiger partial charge is 0.507 e. The first-order valence-electron chi connectivity index (χ1n) is 13.9. The maximum absolute atomic E-state index is 13.7. The second-order valence-electron chi connectivity index (χ2n) is 10.7. The molecule has 5 rings (SSSR count). The second kappa shape index (κ2) is 12.2. The lowest BCUT2D eigenvalue weighted by atomic mass is 9.62. The molecule has 2 heterocycles. The fourth-order valence-electron chi connectivity index (χ4n) is 6.23. The quantitative estimate of drug-likeness (QED) is 0.400. The van der Waals surface area contributed by atoms with E-state index in [4.69, 9.17) is 21.2 Å². The molecule has 0 radical (unpaired) electrons. The highest BCUT2D eigenvalue weighted by molar-refractivity contribution is 6.30. The van der Waals surface area contributed by atoms with Crippen molar-refractivity contribution in [3.05, 3.63) is 88.5 Å². The monoisotopic (exact) mass is 563 g/mol. The lowest BCUT2D eigenvalue weighted by Crippen LogP contribution is -2.54. The van der Waals surface area contributed by atoms with E-state index in [1.807, 2.05) is 41.3 Å². The van der Waals surface area contributed by atoms with Gasteiger partial charge in [0.1, 0.15) is 11.5 Å². The number of hydrogen-bond donors (Lipinski definition) is 1. The molecule has 7 nitrogen and oxygen atoms in total. The number of phenolic OH excluding ortho intramolecular Hbond substituents is 1. The lowest BCUT2D eigenvalue weighted by Gasteiger charge is -2.53. The number of likely N-dealkylation sites (tertiary alicyclic amines) is 1. The zero-order chi connectivity index (χ0) is 28.3. The summed E-state index contributed by atoms with van der Waals surface area (Å²) >= 11 is 6.16. The first-order valence-corrected chi connectivity index (χ1v) is 14.3. The fourth-order valence-corrected chi connectivity index (χ4v) is 6.36. The normalized spacial score (nSPS) is 23.6. The van der Waals surface area contributed by atoms with Crippen molar-refractivity contribution in [3.8, 4) is 11.5 Å². The van der Waals surface area contributed by atoms with Gasteiger partial charge in [0.15, 0.2) is 0 Å². The van der Waals surface area contributed by atoms with Gasteiger partial charge >= 0.3 is 0 Å². The van der Waals surface area contributed by atoms with Crippen LogP contribution in [0.15, 0.2) is 66.8 Å². The third-order valence-electron chi connectivity index (χ3n) is 8.46. The Hall–Kier alpha value is -3.10. The van der Waals surface area contributed by atoms with Crippen LogP contribution in [0.3, 0.4) is 0 Å². The molecule has 2 atom stereocenters. The highest BCUT2D eigenvalue weighted by Crippen LogP contribution is 2.58. The van der Waals surface area contributed by atoms with Crippen molar-refractivity contribution in [1.29, 1.82) is 0 Å². The summed E-state index contributed by atoms with van der Waals surface area (Å²) in [4.78, 5) is 24.6. The van der Waals surface area contributed by atoms with Crippen molar-refractivity contribution >= 4 is 23.6 Å². The summed E-state index contributed by atoms with van der Waals surface area (Å²) in [7, 11) is 1.58. The third kappa shape index (κ3) is 5.56. The smallest absolute Gasteiger partial charge is 0.223 e. The molecule has 1 aliphatic carbocycles. The maximum atomic E-state index is 13.7. The molecule has 212 valence electrons. The van der Waals surface area contributed by atoms with Gasteiger partial charge in [-0.1, -0.05) is 61.5 Å². The van der Waals surface area contributed by atoms with E-state index >= 15 is 0 Å². The van der Waals surface area contributed by atoms with E-state index < -0.39 is 11.5 Å². The van der Waals surface area contributed by atoms with Crippen LogP contribution in [0.1, 0.15) is 42.5 Å². The van der Waals surface area contributed by atoms with Crippen molar-refractivity contribution in [2.75, 3.05) is 46.4 Å². The summed E-state index contributed by atoms with van der Waals surface area (Å²) in [6, 6.07) is 10.7. The Balaban J connectivity index is 1.61. The molecule has 0 bridgehead atoms. The van der Waals surface area contributed by atoms with E-state index in [2.05, 4.69) is 35.6 Å². The summed E-state index contributed by atoms with van der Waals surface area (Å²) in [5, 5.41) is 14.1. The minimum Gasteiger partial charge on any atom is -0.507 e. The van der Waals surface area contributed by atoms with E-state index in [1.165, 1.54) is 0 Å². The van der Waals surface area contributed by atoms with Crippen LogP contribution in [-0.2, 0) is 16.2 Å². The number of benzene rings is 2. The predicted octanol–water partition coefficient (Wildman–Crippen LogP) is 5.61. The molecular weight excluding hydrogens is 526 g/mol. The van der Waals surface area contributed by atoms with Gasteiger partial charge in [-0.15, -0.1) is 0 Å². The molecule has 3 aliphatic rings. The number of hydrogen-bond acceptors (Lipinski definition) is 6. The molecule has 2 aromatic carbocycles. The second-order valence-corrected chi connectivity index (χ2v) is 11.1. The number of fused-ring (bicyclic) bond motifs is 3. The van der Waals surface area contributed by atoms with Gasteiger partial charge in [-0.25, -0.2) is 0 Å². The van der Waals surface area contributed by atoms with Crippen LogP contribution in [0, 0.1) is 5.41 Å². The highest BCUT2D eigenvalue weighted by Gasteiger charge is 2.53. The third-order valence-corrected chi connectivity index (χ3v) is 8.71. The van der Waals surface area contributed by atoms with Crippen molar-refractivity contribution < 1.29 is 19.5 Å². The molecule has 1 amide bonds. The number of piperidine rings is 1. The van der Waals surface area contributed by atoms with Crippen LogP contribution in [0.5, 0.6) is 11.5 Å². The van der Waals surface area contributed by atoms with Crippen LogP contribution in [-0.4, -0.2) is 72.3 Å². The van der Waals surface area contributed by atoms with Gasteiger partial charge in [-0.05, 0) is 47.9 Å².